The van der Waals surface area contributed by atoms with Gasteiger partial charge in [0.15, 0.2) is 0 Å². The van der Waals surface area contributed by atoms with Crippen molar-refractivity contribution in [2.45, 2.75) is 75.4 Å². The normalized spacial score (nSPS) is 22.2. The fraction of sp³-hybridized carbons (Fsp3) is 0.240. The Balaban J connectivity index is 0.000000132. The maximum absolute atomic E-state index is 13.9. The molecule has 2 saturated carbocycles. The third-order valence-electron chi connectivity index (χ3n) is 13.5. The Hall–Kier alpha value is -7.88. The molecule has 2 amide bonds. The highest BCUT2D eigenvalue weighted by Gasteiger charge is 2.62. The quantitative estimate of drug-likeness (QED) is 0.126. The van der Waals surface area contributed by atoms with Crippen LogP contribution in [0.5, 0.6) is 34.5 Å². The predicted molar refractivity (Wildman–Crippen MR) is 237 cm³/mol. The summed E-state index contributed by atoms with van der Waals surface area (Å²) in [5.74, 6) is 7.28. The van der Waals surface area contributed by atoms with Crippen LogP contribution in [-0.4, -0.2) is 53.9 Å². The van der Waals surface area contributed by atoms with Crippen molar-refractivity contribution < 1.29 is 37.3 Å². The summed E-state index contributed by atoms with van der Waals surface area (Å²) in [5, 5.41) is 5.60. The van der Waals surface area contributed by atoms with Crippen LogP contribution >= 0.6 is 0 Å². The maximum atomic E-state index is 13.9. The molecule has 6 atom stereocenters. The molecule has 2 fully saturated rings. The summed E-state index contributed by atoms with van der Waals surface area (Å²) in [5.41, 5.74) is 8.09. The third kappa shape index (κ3) is 6.33. The van der Waals surface area contributed by atoms with Crippen LogP contribution in [0.2, 0.25) is 0 Å². The topological polar surface area (TPSA) is 178 Å². The van der Waals surface area contributed by atoms with Crippen LogP contribution in [0.15, 0.2) is 85.2 Å². The molecule has 66 heavy (non-hydrogen) atoms. The number of ether oxygens (including phenoxy) is 4. The lowest BCUT2D eigenvalue weighted by Crippen LogP contribution is -2.20. The van der Waals surface area contributed by atoms with E-state index in [1.807, 2.05) is 48.5 Å². The van der Waals surface area contributed by atoms with Crippen molar-refractivity contribution in [1.29, 1.82) is 0 Å². The third-order valence-corrected chi connectivity index (χ3v) is 13.5. The Morgan fingerprint density at radius 3 is 1.48 bits per heavy atom. The van der Waals surface area contributed by atoms with Crippen LogP contribution in [-0.2, 0) is 22.4 Å². The number of nitrogens with one attached hydrogen (secondary N) is 4. The van der Waals surface area contributed by atoms with E-state index in [-0.39, 0.29) is 59.3 Å². The molecule has 0 bridgehead atoms. The first kappa shape index (κ1) is 38.6. The Morgan fingerprint density at radius 1 is 0.576 bits per heavy atom. The first-order valence-electron chi connectivity index (χ1n) is 21.9. The van der Waals surface area contributed by atoms with Crippen molar-refractivity contribution in [2.24, 2.45) is 0 Å². The number of aryl methyl sites for hydroxylation is 2. The number of anilines is 2. The van der Waals surface area contributed by atoms with Gasteiger partial charge < -0.3 is 39.5 Å². The monoisotopic (exact) mass is 884 g/mol. The van der Waals surface area contributed by atoms with Crippen LogP contribution in [0.1, 0.15) is 81.5 Å². The van der Waals surface area contributed by atoms with E-state index in [4.69, 9.17) is 18.9 Å². The number of H-pyrrole nitrogens is 2. The van der Waals surface area contributed by atoms with Gasteiger partial charge >= 0.3 is 0 Å². The standard InChI is InChI=1S/2C25H19FN4O3/c2*1-11-8-16-17(10-15(11)26)29-25(28-16)22-21-14-9-12(2-4-18(14)33-23(21)22)32-19-6-7-27-24-13(19)3-5-20(31)30-24/h2*2,4,6-10,21-23H,3,5H2,1H3,(H,28,29)(H,27,30,31)/t2*21-,22-,23-/m10/s1. The minimum Gasteiger partial charge on any atom is -0.489 e. The van der Waals surface area contributed by atoms with Gasteiger partial charge in [0, 0.05) is 71.5 Å². The van der Waals surface area contributed by atoms with E-state index < -0.39 is 0 Å². The second kappa shape index (κ2) is 14.3. The summed E-state index contributed by atoms with van der Waals surface area (Å²) in [6.07, 6.45) is 5.33. The van der Waals surface area contributed by atoms with Crippen LogP contribution in [0.3, 0.4) is 0 Å². The van der Waals surface area contributed by atoms with E-state index in [0.717, 1.165) is 56.4 Å². The van der Waals surface area contributed by atoms with E-state index in [1.165, 1.54) is 12.1 Å². The molecule has 328 valence electrons. The smallest absolute Gasteiger partial charge is 0.225 e. The zero-order valence-corrected chi connectivity index (χ0v) is 35.4. The van der Waals surface area contributed by atoms with Crippen LogP contribution < -0.4 is 29.6 Å². The molecule has 14 rings (SSSR count). The summed E-state index contributed by atoms with van der Waals surface area (Å²) in [4.78, 5) is 47.8. The van der Waals surface area contributed by atoms with Gasteiger partial charge in [-0.15, -0.1) is 0 Å². The molecule has 14 nitrogen and oxygen atoms in total. The molecule has 4 aromatic carbocycles. The molecule has 8 aromatic rings. The summed E-state index contributed by atoms with van der Waals surface area (Å²) in [7, 11) is 0. The van der Waals surface area contributed by atoms with Crippen molar-refractivity contribution in [2.75, 3.05) is 10.6 Å². The zero-order valence-electron chi connectivity index (χ0n) is 35.4. The number of carbonyl (C=O) groups is 2. The van der Waals surface area contributed by atoms with Crippen molar-refractivity contribution in [3.63, 3.8) is 0 Å². The molecule has 0 spiro atoms. The maximum Gasteiger partial charge on any atom is 0.225 e. The molecular weight excluding hydrogens is 847 g/mol. The second-order valence-electron chi connectivity index (χ2n) is 17.7. The first-order valence-corrected chi connectivity index (χ1v) is 21.9. The fourth-order valence-corrected chi connectivity index (χ4v) is 10.1. The number of fused-ring (bicyclic) bond motifs is 10. The Kier molecular flexibility index (Phi) is 8.36. The summed E-state index contributed by atoms with van der Waals surface area (Å²) in [6.45, 7) is 3.49. The molecule has 4 N–H and O–H groups in total. The highest BCUT2D eigenvalue weighted by atomic mass is 19.1. The Morgan fingerprint density at radius 2 is 1.03 bits per heavy atom. The van der Waals surface area contributed by atoms with Crippen molar-refractivity contribution in [1.82, 2.24) is 29.9 Å². The molecule has 8 heterocycles. The highest BCUT2D eigenvalue weighted by molar-refractivity contribution is 5.94. The number of benzene rings is 4. The Bertz CT molecular complexity index is 3110. The number of pyridine rings is 2. The lowest BCUT2D eigenvalue weighted by Gasteiger charge is -2.19. The summed E-state index contributed by atoms with van der Waals surface area (Å²) < 4.78 is 52.6. The SMILES string of the molecule is Cc1cc2[nH]c([C@@H]3[C@H]4Oc5ccc(Oc6ccnc7c6CCC(=O)N7)cc5[C@H]43)nc2cc1F.Cc1cc2[nH]c([C@H]3[C@@H]4Oc5ccc(Oc6ccnc7c6CCC(=O)N7)cc5[C@@H]43)nc2cc1F. The molecule has 0 radical (unpaired) electrons. The van der Waals surface area contributed by atoms with E-state index >= 15 is 0 Å². The van der Waals surface area contributed by atoms with Gasteiger partial charge in [-0.05, 0) is 98.5 Å². The van der Waals surface area contributed by atoms with Crippen LogP contribution in [0.4, 0.5) is 20.4 Å². The largest absolute Gasteiger partial charge is 0.489 e. The minimum atomic E-state index is -0.252. The van der Waals surface area contributed by atoms with Gasteiger partial charge in [0.2, 0.25) is 11.8 Å². The average Bonchev–Trinajstić information content (AvgIpc) is 3.85. The summed E-state index contributed by atoms with van der Waals surface area (Å²) in [6, 6.07) is 21.8. The van der Waals surface area contributed by atoms with Crippen molar-refractivity contribution in [3.05, 3.63) is 142 Å². The van der Waals surface area contributed by atoms with E-state index in [2.05, 4.69) is 40.5 Å². The molecule has 4 aliphatic heterocycles. The number of imidazole rings is 2. The molecule has 0 saturated heterocycles. The van der Waals surface area contributed by atoms with Gasteiger partial charge in [-0.1, -0.05) is 0 Å². The predicted octanol–water partition coefficient (Wildman–Crippen LogP) is 9.45. The minimum absolute atomic E-state index is 0.0191. The number of amides is 2. The number of aromatic nitrogens is 6. The molecule has 0 unspecified atom stereocenters. The van der Waals surface area contributed by atoms with Crippen LogP contribution in [0, 0.1) is 25.5 Å². The Labute approximate surface area is 374 Å². The lowest BCUT2D eigenvalue weighted by atomic mass is 10.1. The second-order valence-corrected chi connectivity index (χ2v) is 17.7. The molecular formula is C50H38F2N8O6. The molecule has 4 aromatic heterocycles. The van der Waals surface area contributed by atoms with E-state index in [1.54, 1.807) is 38.4 Å². The zero-order chi connectivity index (χ0) is 44.5. The number of carbonyl (C=O) groups excluding carboxylic acids is 2. The lowest BCUT2D eigenvalue weighted by molar-refractivity contribution is -0.117. The number of hydrogen-bond donors (Lipinski definition) is 4. The molecule has 16 heteroatoms. The van der Waals surface area contributed by atoms with Crippen molar-refractivity contribution >= 4 is 45.5 Å². The van der Waals surface area contributed by atoms with Crippen LogP contribution in [0.25, 0.3) is 22.1 Å². The van der Waals surface area contributed by atoms with Gasteiger partial charge in [0.05, 0.1) is 33.9 Å². The molecule has 2 aliphatic carbocycles. The number of hydrogen-bond acceptors (Lipinski definition) is 10. The van der Waals surface area contributed by atoms with E-state index in [0.29, 0.717) is 82.5 Å². The van der Waals surface area contributed by atoms with Gasteiger partial charge in [-0.25, -0.2) is 28.7 Å². The van der Waals surface area contributed by atoms with Gasteiger partial charge in [-0.2, -0.15) is 0 Å². The average molecular weight is 885 g/mol. The highest BCUT2D eigenvalue weighted by Crippen LogP contribution is 2.64. The van der Waals surface area contributed by atoms with E-state index in [9.17, 15) is 18.4 Å². The first-order chi connectivity index (χ1) is 32.1. The molecule has 6 aliphatic rings. The number of rotatable bonds is 6. The van der Waals surface area contributed by atoms with Gasteiger partial charge in [-0.3, -0.25) is 9.59 Å². The van der Waals surface area contributed by atoms with Gasteiger partial charge in [0.1, 0.15) is 81.6 Å². The summed E-state index contributed by atoms with van der Waals surface area (Å²) >= 11 is 0. The fourth-order valence-electron chi connectivity index (χ4n) is 10.1. The van der Waals surface area contributed by atoms with Gasteiger partial charge in [0.25, 0.3) is 0 Å². The number of aromatic amines is 2. The number of halogens is 2. The number of nitrogens with zero attached hydrogens (tertiary/aromatic N) is 4. The van der Waals surface area contributed by atoms with Crippen molar-refractivity contribution in [3.8, 4) is 34.5 Å².